The third-order valence-corrected chi connectivity index (χ3v) is 4.24. The lowest BCUT2D eigenvalue weighted by Gasteiger charge is -2.07. The van der Waals surface area contributed by atoms with Crippen LogP contribution in [0.2, 0.25) is 10.2 Å². The number of hydrogen-bond acceptors (Lipinski definition) is 2. The first-order valence-corrected chi connectivity index (χ1v) is 6.96. The molecule has 5 nitrogen and oxygen atoms in total. The van der Waals surface area contributed by atoms with Crippen molar-refractivity contribution in [3.63, 3.8) is 0 Å². The van der Waals surface area contributed by atoms with Gasteiger partial charge in [0.25, 0.3) is 11.8 Å². The van der Waals surface area contributed by atoms with Crippen molar-refractivity contribution in [2.75, 3.05) is 5.32 Å². The third kappa shape index (κ3) is 2.39. The van der Waals surface area contributed by atoms with E-state index in [-0.39, 0.29) is 11.8 Å². The number of carbonyl (C=O) groups is 2. The molecule has 108 valence electrons. The highest BCUT2D eigenvalue weighted by molar-refractivity contribution is 6.42. The van der Waals surface area contributed by atoms with E-state index in [2.05, 4.69) is 10.6 Å². The predicted octanol–water partition coefficient (Wildman–Crippen LogP) is 2.83. The van der Waals surface area contributed by atoms with Crippen LogP contribution < -0.4 is 10.6 Å². The first kappa shape index (κ1) is 14.0. The molecule has 1 aromatic heterocycles. The summed E-state index contributed by atoms with van der Waals surface area (Å²) >= 11 is 11.8. The van der Waals surface area contributed by atoms with Gasteiger partial charge in [-0.25, -0.2) is 0 Å². The Morgan fingerprint density at radius 2 is 2.10 bits per heavy atom. The number of amides is 2. The van der Waals surface area contributed by atoms with E-state index >= 15 is 0 Å². The monoisotopic (exact) mass is 323 g/mol. The molecule has 0 saturated heterocycles. The Kier molecular flexibility index (Phi) is 3.39. The lowest BCUT2D eigenvalue weighted by Crippen LogP contribution is -2.16. The highest BCUT2D eigenvalue weighted by Gasteiger charge is 2.20. The second-order valence-corrected chi connectivity index (χ2v) is 5.50. The van der Waals surface area contributed by atoms with E-state index in [1.165, 1.54) is 10.6 Å². The Morgan fingerprint density at radius 3 is 2.76 bits per heavy atom. The Morgan fingerprint density at radius 1 is 1.33 bits per heavy atom. The zero-order chi connectivity index (χ0) is 15.1. The van der Waals surface area contributed by atoms with Crippen molar-refractivity contribution in [2.45, 2.75) is 6.54 Å². The SMILES string of the molecule is Cn1c(C(=O)Nc2ccc3c(c2)C(=O)NC3)cc(Cl)c1Cl. The Labute approximate surface area is 130 Å². The lowest BCUT2D eigenvalue weighted by molar-refractivity contribution is 0.0964. The summed E-state index contributed by atoms with van der Waals surface area (Å²) < 4.78 is 1.50. The summed E-state index contributed by atoms with van der Waals surface area (Å²) in [5, 5.41) is 6.08. The van der Waals surface area contributed by atoms with E-state index in [0.717, 1.165) is 5.56 Å². The molecule has 0 unspecified atom stereocenters. The molecule has 0 aliphatic carbocycles. The Hall–Kier alpha value is -1.98. The number of halogens is 2. The molecular formula is C14H11Cl2N3O2. The van der Waals surface area contributed by atoms with Gasteiger partial charge in [0.1, 0.15) is 10.8 Å². The molecule has 0 radical (unpaired) electrons. The van der Waals surface area contributed by atoms with Gasteiger partial charge in [0.15, 0.2) is 0 Å². The van der Waals surface area contributed by atoms with E-state index in [0.29, 0.717) is 33.7 Å². The molecule has 0 atom stereocenters. The topological polar surface area (TPSA) is 63.1 Å². The largest absolute Gasteiger partial charge is 0.348 e. The van der Waals surface area contributed by atoms with Crippen molar-refractivity contribution in [3.05, 3.63) is 51.3 Å². The van der Waals surface area contributed by atoms with Gasteiger partial charge in [-0.2, -0.15) is 0 Å². The van der Waals surface area contributed by atoms with Crippen LogP contribution in [0.5, 0.6) is 0 Å². The lowest BCUT2D eigenvalue weighted by atomic mass is 10.1. The molecular weight excluding hydrogens is 313 g/mol. The smallest absolute Gasteiger partial charge is 0.272 e. The summed E-state index contributed by atoms with van der Waals surface area (Å²) in [5.74, 6) is -0.476. The molecule has 0 bridgehead atoms. The van der Waals surface area contributed by atoms with Crippen LogP contribution in [0, 0.1) is 0 Å². The van der Waals surface area contributed by atoms with Crippen LogP contribution in [0.25, 0.3) is 0 Å². The van der Waals surface area contributed by atoms with Gasteiger partial charge in [0.2, 0.25) is 0 Å². The molecule has 2 aromatic rings. The van der Waals surface area contributed by atoms with Crippen LogP contribution in [-0.2, 0) is 13.6 Å². The first-order chi connectivity index (χ1) is 9.97. The first-order valence-electron chi connectivity index (χ1n) is 6.20. The minimum Gasteiger partial charge on any atom is -0.348 e. The molecule has 0 saturated carbocycles. The maximum atomic E-state index is 12.2. The second kappa shape index (κ2) is 5.09. The molecule has 1 aliphatic rings. The molecule has 7 heteroatoms. The van der Waals surface area contributed by atoms with Gasteiger partial charge >= 0.3 is 0 Å². The Balaban J connectivity index is 1.87. The number of aromatic nitrogens is 1. The number of rotatable bonds is 2. The van der Waals surface area contributed by atoms with Gasteiger partial charge in [-0.3, -0.25) is 9.59 Å². The van der Waals surface area contributed by atoms with Crippen molar-refractivity contribution in [1.29, 1.82) is 0 Å². The number of fused-ring (bicyclic) bond motifs is 1. The van der Waals surface area contributed by atoms with Crippen LogP contribution >= 0.6 is 23.2 Å². The number of nitrogens with one attached hydrogen (secondary N) is 2. The number of anilines is 1. The van der Waals surface area contributed by atoms with Crippen LogP contribution in [0.15, 0.2) is 24.3 Å². The quantitative estimate of drug-likeness (QED) is 0.892. The minimum absolute atomic E-state index is 0.133. The van der Waals surface area contributed by atoms with Crippen LogP contribution in [-0.4, -0.2) is 16.4 Å². The fourth-order valence-electron chi connectivity index (χ4n) is 2.25. The zero-order valence-electron chi connectivity index (χ0n) is 11.0. The van der Waals surface area contributed by atoms with E-state index in [1.54, 1.807) is 19.2 Å². The molecule has 2 N–H and O–H groups in total. The van der Waals surface area contributed by atoms with Gasteiger partial charge in [-0.1, -0.05) is 29.3 Å². The standard InChI is InChI=1S/C14H11Cl2N3O2/c1-19-11(5-10(15)12(19)16)14(21)18-8-3-2-7-6-17-13(20)9(7)4-8/h2-5H,6H2,1H3,(H,17,20)(H,18,21). The van der Waals surface area contributed by atoms with E-state index in [4.69, 9.17) is 23.2 Å². The average Bonchev–Trinajstić information content (AvgIpc) is 2.95. The number of carbonyl (C=O) groups excluding carboxylic acids is 2. The minimum atomic E-state index is -0.343. The van der Waals surface area contributed by atoms with Crippen molar-refractivity contribution in [3.8, 4) is 0 Å². The van der Waals surface area contributed by atoms with Crippen molar-refractivity contribution in [1.82, 2.24) is 9.88 Å². The summed E-state index contributed by atoms with van der Waals surface area (Å²) in [4.78, 5) is 23.8. The van der Waals surface area contributed by atoms with Gasteiger partial charge in [0.05, 0.1) is 5.02 Å². The van der Waals surface area contributed by atoms with E-state index in [1.807, 2.05) is 6.07 Å². The summed E-state index contributed by atoms with van der Waals surface area (Å²) in [7, 11) is 1.65. The van der Waals surface area contributed by atoms with Crippen LogP contribution in [0.4, 0.5) is 5.69 Å². The summed E-state index contributed by atoms with van der Waals surface area (Å²) in [6.45, 7) is 0.519. The summed E-state index contributed by atoms with van der Waals surface area (Å²) in [6, 6.07) is 6.72. The fraction of sp³-hybridized carbons (Fsp3) is 0.143. The normalized spacial score (nSPS) is 13.0. The van der Waals surface area contributed by atoms with Crippen LogP contribution in [0.3, 0.4) is 0 Å². The third-order valence-electron chi connectivity index (χ3n) is 3.40. The van der Waals surface area contributed by atoms with E-state index in [9.17, 15) is 9.59 Å². The van der Waals surface area contributed by atoms with E-state index < -0.39 is 0 Å². The second-order valence-electron chi connectivity index (χ2n) is 4.74. The highest BCUT2D eigenvalue weighted by Crippen LogP contribution is 2.26. The highest BCUT2D eigenvalue weighted by atomic mass is 35.5. The summed E-state index contributed by atoms with van der Waals surface area (Å²) in [6.07, 6.45) is 0. The number of benzene rings is 1. The molecule has 1 aliphatic heterocycles. The van der Waals surface area contributed by atoms with Gasteiger partial charge in [-0.05, 0) is 23.8 Å². The molecule has 21 heavy (non-hydrogen) atoms. The molecule has 2 heterocycles. The Bertz CT molecular complexity index is 768. The molecule has 3 rings (SSSR count). The number of nitrogens with zero attached hydrogens (tertiary/aromatic N) is 1. The van der Waals surface area contributed by atoms with Crippen molar-refractivity contribution < 1.29 is 9.59 Å². The molecule has 1 aromatic carbocycles. The number of hydrogen-bond donors (Lipinski definition) is 2. The van der Waals surface area contributed by atoms with Crippen molar-refractivity contribution >= 4 is 40.7 Å². The van der Waals surface area contributed by atoms with Gasteiger partial charge in [0, 0.05) is 24.8 Å². The maximum Gasteiger partial charge on any atom is 0.272 e. The van der Waals surface area contributed by atoms with Gasteiger partial charge < -0.3 is 15.2 Å². The summed E-state index contributed by atoms with van der Waals surface area (Å²) in [5.41, 5.74) is 2.39. The van der Waals surface area contributed by atoms with Crippen LogP contribution in [0.1, 0.15) is 26.4 Å². The molecule has 0 spiro atoms. The maximum absolute atomic E-state index is 12.2. The molecule has 0 fully saturated rings. The zero-order valence-corrected chi connectivity index (χ0v) is 12.5. The fourth-order valence-corrected chi connectivity index (χ4v) is 2.62. The predicted molar refractivity (Wildman–Crippen MR) is 81.0 cm³/mol. The molecule has 2 amide bonds. The average molecular weight is 324 g/mol. The van der Waals surface area contributed by atoms with Gasteiger partial charge in [-0.15, -0.1) is 0 Å². The van der Waals surface area contributed by atoms with Crippen molar-refractivity contribution in [2.24, 2.45) is 7.05 Å².